The predicted molar refractivity (Wildman–Crippen MR) is 92.0 cm³/mol. The van der Waals surface area contributed by atoms with Crippen molar-refractivity contribution in [1.82, 2.24) is 0 Å². The third-order valence-electron chi connectivity index (χ3n) is 4.65. The molecule has 1 aromatic carbocycles. The lowest BCUT2D eigenvalue weighted by atomic mass is 9.85. The van der Waals surface area contributed by atoms with Crippen LogP contribution in [0.4, 0.5) is 4.39 Å². The van der Waals surface area contributed by atoms with E-state index in [0.29, 0.717) is 0 Å². The molecule has 0 bridgehead atoms. The van der Waals surface area contributed by atoms with Crippen molar-refractivity contribution in [2.24, 2.45) is 5.92 Å². The summed E-state index contributed by atoms with van der Waals surface area (Å²) in [5, 5.41) is 0. The molecule has 1 fully saturated rings. The Balaban J connectivity index is 0.00000200. The van der Waals surface area contributed by atoms with E-state index < -0.39 is 20.4 Å². The standard InChI is InChI=1S/C11H21.C6H4F.BrH.Mg/c1-2-3-5-8-11-9-6-4-7-10-11;7-6-4-2-1-3-5-6;;/h4,11H,2-3,5-10H2,1H3;1-4H;1H;. The Morgan fingerprint density at radius 3 is 2.45 bits per heavy atom. The third-order valence-corrected chi connectivity index (χ3v) is 7.06. The first-order chi connectivity index (χ1) is 9.29. The number of unbranched alkanes of at least 4 members (excludes halogenated alkanes) is 2. The highest BCUT2D eigenvalue weighted by Crippen LogP contribution is 2.34. The van der Waals surface area contributed by atoms with Crippen LogP contribution in [0.15, 0.2) is 24.3 Å². The Bertz CT molecular complexity index is 375. The van der Waals surface area contributed by atoms with Gasteiger partial charge in [0.25, 0.3) is 0 Å². The zero-order chi connectivity index (χ0) is 13.5. The largest absolute Gasteiger partial charge is 0.417 e. The van der Waals surface area contributed by atoms with Crippen molar-refractivity contribution in [3.05, 3.63) is 30.1 Å². The lowest BCUT2D eigenvalue weighted by molar-refractivity contribution is 0.329. The summed E-state index contributed by atoms with van der Waals surface area (Å²) in [7, 11) is 0. The smallest absolute Gasteiger partial charge is 0.210 e. The van der Waals surface area contributed by atoms with E-state index in [4.69, 9.17) is 0 Å². The minimum Gasteiger partial charge on any atom is -0.210 e. The fraction of sp³-hybridized carbons (Fsp3) is 0.647. The van der Waals surface area contributed by atoms with Crippen LogP contribution in [0.5, 0.6) is 0 Å². The number of benzene rings is 1. The molecule has 3 heteroatoms. The van der Waals surface area contributed by atoms with Crippen LogP contribution in [0, 0.1) is 11.7 Å². The topological polar surface area (TPSA) is 0 Å². The van der Waals surface area contributed by atoms with Crippen LogP contribution in [-0.2, 0) is 0 Å². The van der Waals surface area contributed by atoms with Crippen LogP contribution in [-0.4, -0.2) is 20.4 Å². The summed E-state index contributed by atoms with van der Waals surface area (Å²) in [4.78, 5) is 0. The van der Waals surface area contributed by atoms with Gasteiger partial charge in [0.2, 0.25) is 0 Å². The van der Waals surface area contributed by atoms with Gasteiger partial charge >= 0.3 is 20.4 Å². The Kier molecular flexibility index (Phi) is 9.39. The molecule has 1 aliphatic carbocycles. The predicted octanol–water partition coefficient (Wildman–Crippen LogP) is 5.29. The zero-order valence-electron chi connectivity index (χ0n) is 12.6. The van der Waals surface area contributed by atoms with Gasteiger partial charge < -0.3 is 0 Å². The molecule has 110 valence electrons. The number of hydrogen-bond acceptors (Lipinski definition) is 0. The van der Waals surface area contributed by atoms with Crippen LogP contribution in [0.1, 0.15) is 58.3 Å². The van der Waals surface area contributed by atoms with E-state index >= 15 is 0 Å². The normalized spacial score (nSPS) is 21.9. The molecule has 1 aromatic rings. The molecule has 0 atom stereocenters. The number of rotatable bonds is 6. The van der Waals surface area contributed by atoms with Gasteiger partial charge in [0.1, 0.15) is 0 Å². The van der Waals surface area contributed by atoms with Crippen LogP contribution in [0.25, 0.3) is 0 Å². The van der Waals surface area contributed by atoms with Crippen molar-refractivity contribution < 1.29 is 4.39 Å². The highest BCUT2D eigenvalue weighted by molar-refractivity contribution is 8.93. The fourth-order valence-corrected chi connectivity index (χ4v) is 5.47. The molecule has 1 aliphatic rings. The molecule has 20 heavy (non-hydrogen) atoms. The summed E-state index contributed by atoms with van der Waals surface area (Å²) in [5.41, 5.74) is 0. The quantitative estimate of drug-likeness (QED) is 0.481. The van der Waals surface area contributed by atoms with Crippen molar-refractivity contribution in [3.8, 4) is 0 Å². The summed E-state index contributed by atoms with van der Waals surface area (Å²) >= 11 is -0.407. The van der Waals surface area contributed by atoms with Crippen LogP contribution < -0.4 is 3.69 Å². The van der Waals surface area contributed by atoms with Crippen molar-refractivity contribution in [1.29, 1.82) is 0 Å². The second-order valence-electron chi connectivity index (χ2n) is 6.18. The van der Waals surface area contributed by atoms with Gasteiger partial charge in [-0.1, -0.05) is 76.5 Å². The summed E-state index contributed by atoms with van der Waals surface area (Å²) in [6.45, 7) is 2.27. The van der Waals surface area contributed by atoms with Crippen molar-refractivity contribution >= 4 is 41.0 Å². The second-order valence-corrected chi connectivity index (χ2v) is 8.50. The first kappa shape index (κ1) is 18.4. The maximum atomic E-state index is 13.7. The Labute approximate surface area is 143 Å². The Morgan fingerprint density at radius 1 is 1.10 bits per heavy atom. The highest BCUT2D eigenvalue weighted by atomic mass is 79.9. The van der Waals surface area contributed by atoms with Crippen molar-refractivity contribution in [2.75, 3.05) is 0 Å². The molecule has 2 rings (SSSR count). The molecular weight excluding hydrogens is 327 g/mol. The Hall–Kier alpha value is 0.396. The van der Waals surface area contributed by atoms with Gasteiger partial charge in [-0.3, -0.25) is 0 Å². The maximum absolute atomic E-state index is 13.7. The molecule has 0 spiro atoms. The third kappa shape index (κ3) is 6.03. The molecule has 0 amide bonds. The molecule has 0 aromatic heterocycles. The fourth-order valence-electron chi connectivity index (χ4n) is 3.38. The van der Waals surface area contributed by atoms with E-state index in [1.165, 1.54) is 51.4 Å². The van der Waals surface area contributed by atoms with Crippen LogP contribution >= 0.6 is 17.0 Å². The lowest BCUT2D eigenvalue weighted by Gasteiger charge is -2.28. The maximum Gasteiger partial charge on any atom is 0.417 e. The van der Waals surface area contributed by atoms with E-state index in [2.05, 4.69) is 6.92 Å². The first-order valence-electron chi connectivity index (χ1n) is 8.03. The monoisotopic (exact) mass is 352 g/mol. The molecule has 0 saturated heterocycles. The minimum absolute atomic E-state index is 0. The van der Waals surface area contributed by atoms with Gasteiger partial charge in [-0.2, -0.15) is 0 Å². The number of halogens is 2. The highest BCUT2D eigenvalue weighted by Gasteiger charge is 2.23. The average Bonchev–Trinajstić information content (AvgIpc) is 2.44. The SMILES string of the molecule is Br.CCCCC[C@H]1CC[C@H]([Mg][c]2ccccc2F)CC1. The molecular formula is C17H26BrFMg. The van der Waals surface area contributed by atoms with E-state index in [1.54, 1.807) is 12.1 Å². The number of hydrogen-bond donors (Lipinski definition) is 0. The molecule has 0 radical (unpaired) electrons. The van der Waals surface area contributed by atoms with Gasteiger partial charge in [-0.15, -0.1) is 24.7 Å². The summed E-state index contributed by atoms with van der Waals surface area (Å²) in [5.74, 6) is 1.01. The summed E-state index contributed by atoms with van der Waals surface area (Å²) in [6, 6.07) is 7.42. The van der Waals surface area contributed by atoms with E-state index in [9.17, 15) is 4.39 Å². The van der Waals surface area contributed by atoms with Crippen molar-refractivity contribution in [3.63, 3.8) is 0 Å². The van der Waals surface area contributed by atoms with E-state index in [-0.39, 0.29) is 22.8 Å². The molecule has 0 unspecified atom stereocenters. The van der Waals surface area contributed by atoms with E-state index in [0.717, 1.165) is 13.7 Å². The van der Waals surface area contributed by atoms with Crippen molar-refractivity contribution in [2.45, 2.75) is 62.3 Å². The Morgan fingerprint density at radius 2 is 1.80 bits per heavy atom. The van der Waals surface area contributed by atoms with Gasteiger partial charge in [-0.05, 0) is 12.0 Å². The van der Waals surface area contributed by atoms with Crippen LogP contribution in [0.3, 0.4) is 0 Å². The van der Waals surface area contributed by atoms with Gasteiger partial charge in [0.05, 0.1) is 5.82 Å². The first-order valence-corrected chi connectivity index (χ1v) is 9.55. The minimum atomic E-state index is -0.407. The molecule has 0 nitrogen and oxygen atoms in total. The second kappa shape index (κ2) is 10.2. The van der Waals surface area contributed by atoms with Gasteiger partial charge in [-0.25, -0.2) is 4.39 Å². The van der Waals surface area contributed by atoms with Gasteiger partial charge in [0.15, 0.2) is 0 Å². The van der Waals surface area contributed by atoms with E-state index in [1.807, 2.05) is 12.1 Å². The lowest BCUT2D eigenvalue weighted by Crippen LogP contribution is -2.25. The molecule has 0 aliphatic heterocycles. The van der Waals surface area contributed by atoms with Crippen LogP contribution in [0.2, 0.25) is 4.05 Å². The zero-order valence-corrected chi connectivity index (χ0v) is 15.7. The summed E-state index contributed by atoms with van der Waals surface area (Å²) < 4.78 is 15.6. The van der Waals surface area contributed by atoms with Gasteiger partial charge in [0, 0.05) is 0 Å². The average molecular weight is 354 g/mol. The molecule has 0 N–H and O–H groups in total. The summed E-state index contributed by atoms with van der Waals surface area (Å²) in [6.07, 6.45) is 11.1. The molecule has 1 saturated carbocycles. The molecule has 0 heterocycles.